The number of hydrogen-bond acceptors (Lipinski definition) is 4. The minimum Gasteiger partial charge on any atom is -0.456 e. The lowest BCUT2D eigenvalue weighted by molar-refractivity contribution is -0.125. The van der Waals surface area contributed by atoms with E-state index in [1.807, 2.05) is 24.3 Å². The van der Waals surface area contributed by atoms with E-state index in [0.29, 0.717) is 27.8 Å². The molecule has 0 radical (unpaired) electrons. The highest BCUT2D eigenvalue weighted by Gasteiger charge is 2.14. The summed E-state index contributed by atoms with van der Waals surface area (Å²) >= 11 is 7.45. The Morgan fingerprint density at radius 3 is 2.33 bits per heavy atom. The second kappa shape index (κ2) is 10.2. The number of anilines is 1. The van der Waals surface area contributed by atoms with E-state index in [2.05, 4.69) is 5.32 Å². The molecule has 5 nitrogen and oxygen atoms in total. The molecule has 0 fully saturated rings. The smallest absolute Gasteiger partial charge is 0.256 e. The van der Waals surface area contributed by atoms with Crippen molar-refractivity contribution in [3.05, 3.63) is 83.4 Å². The molecule has 0 bridgehead atoms. The third-order valence-corrected chi connectivity index (χ3v) is 5.53. The third kappa shape index (κ3) is 5.78. The summed E-state index contributed by atoms with van der Waals surface area (Å²) in [6.07, 6.45) is 0. The molecule has 3 rings (SSSR count). The molecular formula is C23H21ClN2O3S. The zero-order valence-corrected chi connectivity index (χ0v) is 18.2. The first-order chi connectivity index (χ1) is 14.4. The van der Waals surface area contributed by atoms with Crippen LogP contribution in [0.15, 0.2) is 77.7 Å². The van der Waals surface area contributed by atoms with Gasteiger partial charge < -0.3 is 15.0 Å². The molecule has 0 aliphatic rings. The Morgan fingerprint density at radius 2 is 1.63 bits per heavy atom. The van der Waals surface area contributed by atoms with Crippen LogP contribution in [0.2, 0.25) is 5.02 Å². The van der Waals surface area contributed by atoms with E-state index in [-0.39, 0.29) is 17.6 Å². The summed E-state index contributed by atoms with van der Waals surface area (Å²) in [6.45, 7) is 0. The van der Waals surface area contributed by atoms with Crippen molar-refractivity contribution >= 4 is 40.9 Å². The van der Waals surface area contributed by atoms with Crippen LogP contribution in [0.5, 0.6) is 11.5 Å². The normalized spacial score (nSPS) is 10.4. The van der Waals surface area contributed by atoms with Gasteiger partial charge in [0.25, 0.3) is 5.91 Å². The second-order valence-electron chi connectivity index (χ2n) is 6.58. The Balaban J connectivity index is 1.66. The molecule has 0 heterocycles. The summed E-state index contributed by atoms with van der Waals surface area (Å²) in [5.41, 5.74) is 1.15. The van der Waals surface area contributed by atoms with Crippen molar-refractivity contribution in [2.24, 2.45) is 0 Å². The molecule has 2 amide bonds. The molecule has 3 aromatic carbocycles. The predicted molar refractivity (Wildman–Crippen MR) is 122 cm³/mol. The van der Waals surface area contributed by atoms with E-state index < -0.39 is 0 Å². The number of rotatable bonds is 7. The number of benzene rings is 3. The van der Waals surface area contributed by atoms with E-state index >= 15 is 0 Å². The summed E-state index contributed by atoms with van der Waals surface area (Å²) in [5, 5.41) is 3.41. The molecule has 3 aromatic rings. The fraction of sp³-hybridized carbons (Fsp3) is 0.130. The average molecular weight is 441 g/mol. The van der Waals surface area contributed by atoms with E-state index in [1.54, 1.807) is 62.6 Å². The molecule has 0 atom stereocenters. The van der Waals surface area contributed by atoms with Gasteiger partial charge in [0.2, 0.25) is 5.91 Å². The Labute approximate surface area is 185 Å². The number of para-hydroxylation sites is 1. The summed E-state index contributed by atoms with van der Waals surface area (Å²) in [5.74, 6) is 1.19. The highest BCUT2D eigenvalue weighted by Crippen LogP contribution is 2.30. The van der Waals surface area contributed by atoms with Gasteiger partial charge in [-0.3, -0.25) is 9.59 Å². The summed E-state index contributed by atoms with van der Waals surface area (Å²) in [4.78, 5) is 26.9. The van der Waals surface area contributed by atoms with Crippen molar-refractivity contribution in [1.29, 1.82) is 0 Å². The average Bonchev–Trinajstić information content (AvgIpc) is 2.75. The zero-order chi connectivity index (χ0) is 21.5. The third-order valence-electron chi connectivity index (χ3n) is 4.16. The minimum absolute atomic E-state index is 0.00989. The van der Waals surface area contributed by atoms with Gasteiger partial charge in [-0.15, -0.1) is 11.8 Å². The number of amides is 2. The number of nitrogens with one attached hydrogen (secondary N) is 1. The molecule has 0 saturated carbocycles. The number of ether oxygens (including phenoxy) is 1. The molecule has 0 aliphatic heterocycles. The second-order valence-corrected chi connectivity index (χ2v) is 8.01. The van der Waals surface area contributed by atoms with Gasteiger partial charge in [0.1, 0.15) is 11.5 Å². The monoisotopic (exact) mass is 440 g/mol. The van der Waals surface area contributed by atoms with Crippen LogP contribution in [0.3, 0.4) is 0 Å². The van der Waals surface area contributed by atoms with Crippen LogP contribution in [0.1, 0.15) is 10.4 Å². The molecule has 0 aromatic heterocycles. The van der Waals surface area contributed by atoms with Crippen molar-refractivity contribution in [2.45, 2.75) is 4.90 Å². The molecule has 30 heavy (non-hydrogen) atoms. The molecular weight excluding hydrogens is 420 g/mol. The van der Waals surface area contributed by atoms with Crippen molar-refractivity contribution in [3.63, 3.8) is 0 Å². The van der Waals surface area contributed by atoms with Crippen molar-refractivity contribution in [1.82, 2.24) is 4.90 Å². The van der Waals surface area contributed by atoms with Gasteiger partial charge in [-0.2, -0.15) is 0 Å². The molecule has 0 spiro atoms. The first kappa shape index (κ1) is 21.7. The largest absolute Gasteiger partial charge is 0.456 e. The summed E-state index contributed by atoms with van der Waals surface area (Å²) < 4.78 is 5.76. The van der Waals surface area contributed by atoms with Crippen LogP contribution < -0.4 is 10.1 Å². The molecule has 1 N–H and O–H groups in total. The van der Waals surface area contributed by atoms with Gasteiger partial charge >= 0.3 is 0 Å². The van der Waals surface area contributed by atoms with Crippen molar-refractivity contribution in [2.75, 3.05) is 25.2 Å². The lowest BCUT2D eigenvalue weighted by Gasteiger charge is -2.12. The highest BCUT2D eigenvalue weighted by molar-refractivity contribution is 8.00. The van der Waals surface area contributed by atoms with Crippen molar-refractivity contribution in [3.8, 4) is 11.5 Å². The van der Waals surface area contributed by atoms with Gasteiger partial charge in [-0.1, -0.05) is 35.9 Å². The SMILES string of the molecule is CN(C)C(=O)CSc1ccccc1C(=O)Nc1ccc(Oc2ccccc2Cl)cc1. The first-order valence-electron chi connectivity index (χ1n) is 9.20. The van der Waals surface area contributed by atoms with Gasteiger partial charge in [0.05, 0.1) is 16.3 Å². The lowest BCUT2D eigenvalue weighted by atomic mass is 10.2. The topological polar surface area (TPSA) is 58.6 Å². The van der Waals surface area contributed by atoms with Crippen LogP contribution in [0, 0.1) is 0 Å². The van der Waals surface area contributed by atoms with Gasteiger partial charge in [0.15, 0.2) is 0 Å². The van der Waals surface area contributed by atoms with Crippen LogP contribution in [0.4, 0.5) is 5.69 Å². The Kier molecular flexibility index (Phi) is 7.38. The van der Waals surface area contributed by atoms with Gasteiger partial charge in [0, 0.05) is 24.7 Å². The van der Waals surface area contributed by atoms with Crippen LogP contribution in [0.25, 0.3) is 0 Å². The van der Waals surface area contributed by atoms with Gasteiger partial charge in [-0.05, 0) is 48.5 Å². The minimum atomic E-state index is -0.241. The van der Waals surface area contributed by atoms with Crippen LogP contribution in [-0.2, 0) is 4.79 Å². The molecule has 0 saturated heterocycles. The maximum atomic E-state index is 12.8. The Morgan fingerprint density at radius 1 is 0.967 bits per heavy atom. The molecule has 0 aliphatic carbocycles. The Hall–Kier alpha value is -2.96. The number of nitrogens with zero attached hydrogens (tertiary/aromatic N) is 1. The maximum absolute atomic E-state index is 12.8. The van der Waals surface area contributed by atoms with Crippen molar-refractivity contribution < 1.29 is 14.3 Å². The molecule has 7 heteroatoms. The number of carbonyl (C=O) groups is 2. The lowest BCUT2D eigenvalue weighted by Crippen LogP contribution is -2.23. The molecule has 0 unspecified atom stereocenters. The van der Waals surface area contributed by atoms with Crippen LogP contribution >= 0.6 is 23.4 Å². The molecule has 154 valence electrons. The van der Waals surface area contributed by atoms with E-state index in [4.69, 9.17) is 16.3 Å². The summed E-state index contributed by atoms with van der Waals surface area (Å²) in [6, 6.07) is 21.5. The quantitative estimate of drug-likeness (QED) is 0.488. The number of carbonyl (C=O) groups excluding carboxylic acids is 2. The maximum Gasteiger partial charge on any atom is 0.256 e. The first-order valence-corrected chi connectivity index (χ1v) is 10.6. The standard InChI is InChI=1S/C23H21ClN2O3S/c1-26(2)22(27)15-30-21-10-6-3-7-18(21)23(28)25-16-11-13-17(14-12-16)29-20-9-5-4-8-19(20)24/h3-14H,15H2,1-2H3,(H,25,28). The predicted octanol–water partition coefficient (Wildman–Crippen LogP) is 5.56. The van der Waals surface area contributed by atoms with Gasteiger partial charge in [-0.25, -0.2) is 0 Å². The number of halogens is 1. The fourth-order valence-corrected chi connectivity index (χ4v) is 3.71. The van der Waals surface area contributed by atoms with E-state index in [0.717, 1.165) is 4.90 Å². The number of hydrogen-bond donors (Lipinski definition) is 1. The fourth-order valence-electron chi connectivity index (χ4n) is 2.51. The zero-order valence-electron chi connectivity index (χ0n) is 16.6. The van der Waals surface area contributed by atoms with E-state index in [1.165, 1.54) is 16.7 Å². The summed E-state index contributed by atoms with van der Waals surface area (Å²) in [7, 11) is 3.42. The highest BCUT2D eigenvalue weighted by atomic mass is 35.5. The van der Waals surface area contributed by atoms with E-state index in [9.17, 15) is 9.59 Å². The number of thioether (sulfide) groups is 1. The van der Waals surface area contributed by atoms with Crippen LogP contribution in [-0.4, -0.2) is 36.6 Å². The Bertz CT molecular complexity index is 1040.